The number of halogens is 1. The average Bonchev–Trinajstić information content (AvgIpc) is 3.64. The topological polar surface area (TPSA) is 126 Å². The van der Waals surface area contributed by atoms with E-state index in [2.05, 4.69) is 35.6 Å². The molecule has 2 aliphatic carbocycles. The highest BCUT2D eigenvalue weighted by atomic mass is 19.1. The molecule has 9 nitrogen and oxygen atoms in total. The second-order valence-corrected chi connectivity index (χ2v) is 9.29. The SMILES string of the molecule is O=C(c1ccc(Nc2ccc(C3CC3)nc2)nc1F)c1c[nH]c2ncnc(N[C@@H]3CCCCC3=O)c12. The van der Waals surface area contributed by atoms with Gasteiger partial charge in [-0.25, -0.2) is 15.0 Å². The van der Waals surface area contributed by atoms with E-state index in [1.165, 1.54) is 31.4 Å². The van der Waals surface area contributed by atoms with Crippen molar-refractivity contribution in [1.29, 1.82) is 0 Å². The molecule has 2 aliphatic rings. The molecule has 0 aromatic carbocycles. The molecule has 6 rings (SSSR count). The number of aromatic nitrogens is 5. The Morgan fingerprint density at radius 3 is 2.67 bits per heavy atom. The Morgan fingerprint density at radius 2 is 1.92 bits per heavy atom. The van der Waals surface area contributed by atoms with Gasteiger partial charge in [0, 0.05) is 24.2 Å². The Kier molecular flexibility index (Phi) is 5.63. The van der Waals surface area contributed by atoms with Crippen LogP contribution >= 0.6 is 0 Å². The van der Waals surface area contributed by atoms with Crippen molar-refractivity contribution >= 4 is 39.9 Å². The van der Waals surface area contributed by atoms with Crippen LogP contribution in [-0.4, -0.2) is 42.5 Å². The van der Waals surface area contributed by atoms with E-state index < -0.39 is 11.7 Å². The summed E-state index contributed by atoms with van der Waals surface area (Å²) >= 11 is 0. The van der Waals surface area contributed by atoms with Crippen molar-refractivity contribution in [3.63, 3.8) is 0 Å². The van der Waals surface area contributed by atoms with Crippen LogP contribution in [0.1, 0.15) is 66.1 Å². The minimum Gasteiger partial charge on any atom is -0.360 e. The Labute approximate surface area is 206 Å². The summed E-state index contributed by atoms with van der Waals surface area (Å²) < 4.78 is 15.0. The maximum absolute atomic E-state index is 15.0. The Morgan fingerprint density at radius 1 is 1.03 bits per heavy atom. The van der Waals surface area contributed by atoms with Gasteiger partial charge in [-0.3, -0.25) is 14.6 Å². The lowest BCUT2D eigenvalue weighted by Crippen LogP contribution is -2.32. The molecule has 1 atom stereocenters. The van der Waals surface area contributed by atoms with Gasteiger partial charge in [0.25, 0.3) is 0 Å². The van der Waals surface area contributed by atoms with Crippen LogP contribution in [0.15, 0.2) is 43.0 Å². The molecule has 0 aliphatic heterocycles. The van der Waals surface area contributed by atoms with Gasteiger partial charge in [0.05, 0.1) is 34.4 Å². The van der Waals surface area contributed by atoms with Crippen LogP contribution in [0, 0.1) is 5.95 Å². The lowest BCUT2D eigenvalue weighted by molar-refractivity contribution is -0.121. The van der Waals surface area contributed by atoms with Crippen molar-refractivity contribution in [2.45, 2.75) is 50.5 Å². The van der Waals surface area contributed by atoms with E-state index in [1.807, 2.05) is 12.1 Å². The monoisotopic (exact) mass is 485 g/mol. The maximum Gasteiger partial charge on any atom is 0.226 e. The molecule has 4 heterocycles. The highest BCUT2D eigenvalue weighted by Gasteiger charge is 2.27. The number of carbonyl (C=O) groups is 2. The normalized spacial score (nSPS) is 17.8. The third kappa shape index (κ3) is 4.30. The van der Waals surface area contributed by atoms with Crippen molar-refractivity contribution in [2.75, 3.05) is 10.6 Å². The predicted molar refractivity (Wildman–Crippen MR) is 132 cm³/mol. The fourth-order valence-corrected chi connectivity index (χ4v) is 4.62. The molecule has 0 radical (unpaired) electrons. The third-order valence-electron chi connectivity index (χ3n) is 6.73. The lowest BCUT2D eigenvalue weighted by Gasteiger charge is -2.22. The number of aromatic amines is 1. The van der Waals surface area contributed by atoms with Gasteiger partial charge >= 0.3 is 0 Å². The van der Waals surface area contributed by atoms with E-state index in [9.17, 15) is 9.59 Å². The molecule has 10 heteroatoms. The van der Waals surface area contributed by atoms with E-state index in [-0.39, 0.29) is 28.8 Å². The summed E-state index contributed by atoms with van der Waals surface area (Å²) in [4.78, 5) is 45.5. The van der Waals surface area contributed by atoms with E-state index in [4.69, 9.17) is 0 Å². The Bertz CT molecular complexity index is 1460. The van der Waals surface area contributed by atoms with Crippen LogP contribution in [0.5, 0.6) is 0 Å². The summed E-state index contributed by atoms with van der Waals surface area (Å²) in [5.74, 6) is -0.137. The molecule has 182 valence electrons. The first-order valence-electron chi connectivity index (χ1n) is 12.1. The van der Waals surface area contributed by atoms with Crippen LogP contribution in [0.2, 0.25) is 0 Å². The molecule has 4 aromatic rings. The molecule has 0 saturated heterocycles. The highest BCUT2D eigenvalue weighted by Crippen LogP contribution is 2.39. The third-order valence-corrected chi connectivity index (χ3v) is 6.73. The molecule has 0 bridgehead atoms. The summed E-state index contributed by atoms with van der Waals surface area (Å²) in [5.41, 5.74) is 2.20. The average molecular weight is 486 g/mol. The summed E-state index contributed by atoms with van der Waals surface area (Å²) in [6, 6.07) is 6.43. The molecule has 0 spiro atoms. The molecular weight excluding hydrogens is 461 g/mol. The summed E-state index contributed by atoms with van der Waals surface area (Å²) in [7, 11) is 0. The Hall–Kier alpha value is -4.21. The minimum absolute atomic E-state index is 0.118. The first-order valence-corrected chi connectivity index (χ1v) is 12.1. The quantitative estimate of drug-likeness (QED) is 0.255. The van der Waals surface area contributed by atoms with Crippen molar-refractivity contribution < 1.29 is 14.0 Å². The summed E-state index contributed by atoms with van der Waals surface area (Å²) in [6.07, 6.45) is 9.90. The van der Waals surface area contributed by atoms with E-state index >= 15 is 4.39 Å². The number of ketones is 2. The van der Waals surface area contributed by atoms with Crippen LogP contribution in [0.3, 0.4) is 0 Å². The molecule has 2 saturated carbocycles. The van der Waals surface area contributed by atoms with Gasteiger partial charge in [-0.15, -0.1) is 0 Å². The van der Waals surface area contributed by atoms with E-state index in [0.29, 0.717) is 41.3 Å². The number of rotatable bonds is 7. The fraction of sp³-hybridized carbons (Fsp3) is 0.308. The summed E-state index contributed by atoms with van der Waals surface area (Å²) in [5, 5.41) is 6.62. The first kappa shape index (κ1) is 22.3. The van der Waals surface area contributed by atoms with Crippen LogP contribution in [0.25, 0.3) is 11.0 Å². The first-order chi connectivity index (χ1) is 17.6. The molecule has 2 fully saturated rings. The number of pyridine rings is 2. The van der Waals surface area contributed by atoms with Crippen LogP contribution in [0.4, 0.5) is 21.7 Å². The van der Waals surface area contributed by atoms with E-state index in [0.717, 1.165) is 18.5 Å². The number of hydrogen-bond donors (Lipinski definition) is 3. The number of Topliss-reactive ketones (excluding diaryl/α,β-unsaturated/α-hetero) is 1. The maximum atomic E-state index is 15.0. The molecular formula is C26H24FN7O2. The van der Waals surface area contributed by atoms with Gasteiger partial charge in [-0.05, 0) is 49.9 Å². The zero-order valence-electron chi connectivity index (χ0n) is 19.4. The molecule has 0 amide bonds. The van der Waals surface area contributed by atoms with Crippen molar-refractivity contribution in [2.24, 2.45) is 0 Å². The minimum atomic E-state index is -0.893. The van der Waals surface area contributed by atoms with E-state index in [1.54, 1.807) is 12.3 Å². The van der Waals surface area contributed by atoms with Gasteiger partial charge in [-0.2, -0.15) is 4.39 Å². The molecule has 0 unspecified atom stereocenters. The molecule has 4 aromatic heterocycles. The number of fused-ring (bicyclic) bond motifs is 1. The van der Waals surface area contributed by atoms with Gasteiger partial charge in [-0.1, -0.05) is 6.42 Å². The Balaban J connectivity index is 1.25. The lowest BCUT2D eigenvalue weighted by atomic mass is 9.94. The zero-order valence-corrected chi connectivity index (χ0v) is 19.4. The summed E-state index contributed by atoms with van der Waals surface area (Å²) in [6.45, 7) is 0. The standard InChI is InChI=1S/C26H24FN7O2/c27-24-16(8-10-21(34-24)32-15-7-9-18(28-11-15)14-5-6-14)23(36)17-12-29-25-22(17)26(31-13-30-25)33-19-3-1-2-4-20(19)35/h7-14,19H,1-6H2,(H,32,34)(H2,29,30,31,33)/t19-/m1/s1. The van der Waals surface area contributed by atoms with Gasteiger partial charge in [0.15, 0.2) is 11.6 Å². The van der Waals surface area contributed by atoms with Crippen LogP contribution in [-0.2, 0) is 4.79 Å². The predicted octanol–water partition coefficient (Wildman–Crippen LogP) is 4.66. The smallest absolute Gasteiger partial charge is 0.226 e. The largest absolute Gasteiger partial charge is 0.360 e. The van der Waals surface area contributed by atoms with Crippen molar-refractivity contribution in [1.82, 2.24) is 24.9 Å². The van der Waals surface area contributed by atoms with Gasteiger partial charge in [0.1, 0.15) is 23.6 Å². The number of anilines is 3. The number of nitrogens with zero attached hydrogens (tertiary/aromatic N) is 4. The zero-order chi connectivity index (χ0) is 24.6. The number of nitrogens with one attached hydrogen (secondary N) is 3. The van der Waals surface area contributed by atoms with Crippen molar-refractivity contribution in [3.8, 4) is 0 Å². The van der Waals surface area contributed by atoms with Gasteiger partial charge < -0.3 is 15.6 Å². The number of hydrogen-bond acceptors (Lipinski definition) is 8. The molecule has 36 heavy (non-hydrogen) atoms. The second-order valence-electron chi connectivity index (χ2n) is 9.29. The number of H-pyrrole nitrogens is 1. The van der Waals surface area contributed by atoms with Crippen LogP contribution < -0.4 is 10.6 Å². The second kappa shape index (κ2) is 9.10. The highest BCUT2D eigenvalue weighted by molar-refractivity contribution is 6.18. The fourth-order valence-electron chi connectivity index (χ4n) is 4.62. The number of carbonyl (C=O) groups excluding carboxylic acids is 2. The van der Waals surface area contributed by atoms with Crippen molar-refractivity contribution in [3.05, 3.63) is 65.8 Å². The molecule has 3 N–H and O–H groups in total. The van der Waals surface area contributed by atoms with Gasteiger partial charge in [0.2, 0.25) is 5.95 Å².